The maximum Gasteiger partial charge on any atom is 0.327 e. The Labute approximate surface area is 182 Å². The van der Waals surface area contributed by atoms with Crippen molar-refractivity contribution in [2.24, 2.45) is 11.3 Å². The van der Waals surface area contributed by atoms with Crippen LogP contribution in [0.2, 0.25) is 0 Å². The second-order valence-electron chi connectivity index (χ2n) is 9.59. The predicted octanol–water partition coefficient (Wildman–Crippen LogP) is 2.37. The standard InChI is InChI=1S/C23H31N3O5/c1-15-10-22(3,4)14-23(11-15)20(29)26(21(30)25-23)13-18(27)31-16(2)19(28)24-12-17-8-6-5-7-9-17/h5-9,15-16H,10-14H2,1-4H3,(H,24,28)(H,25,30)/t15-,16+,23+/m1/s1. The van der Waals surface area contributed by atoms with Crippen LogP contribution < -0.4 is 10.6 Å². The van der Waals surface area contributed by atoms with E-state index >= 15 is 0 Å². The van der Waals surface area contributed by atoms with Gasteiger partial charge in [0.1, 0.15) is 12.1 Å². The topological polar surface area (TPSA) is 105 Å². The molecule has 8 heteroatoms. The molecule has 1 aromatic carbocycles. The van der Waals surface area contributed by atoms with Gasteiger partial charge in [0, 0.05) is 6.54 Å². The molecule has 4 amide bonds. The number of ether oxygens (including phenoxy) is 1. The number of rotatable bonds is 6. The SMILES string of the molecule is C[C@@H]1CC(C)(C)C[C@]2(C1)NC(=O)N(CC(=O)O[C@@H](C)C(=O)NCc1ccccc1)C2=O. The lowest BCUT2D eigenvalue weighted by molar-refractivity contribution is -0.157. The molecule has 2 aliphatic rings. The Morgan fingerprint density at radius 3 is 2.55 bits per heavy atom. The average molecular weight is 430 g/mol. The number of esters is 1. The van der Waals surface area contributed by atoms with Crippen LogP contribution in [0.5, 0.6) is 0 Å². The molecule has 0 unspecified atom stereocenters. The molecule has 0 radical (unpaired) electrons. The van der Waals surface area contributed by atoms with Crippen LogP contribution in [0.3, 0.4) is 0 Å². The molecule has 3 atom stereocenters. The Hall–Kier alpha value is -2.90. The molecular formula is C23H31N3O5. The molecule has 2 N–H and O–H groups in total. The highest BCUT2D eigenvalue weighted by atomic mass is 16.5. The minimum Gasteiger partial charge on any atom is -0.451 e. The number of hydrogen-bond donors (Lipinski definition) is 2. The molecule has 1 aliphatic carbocycles. The number of nitrogens with zero attached hydrogens (tertiary/aromatic N) is 1. The van der Waals surface area contributed by atoms with E-state index in [4.69, 9.17) is 4.74 Å². The van der Waals surface area contributed by atoms with E-state index in [9.17, 15) is 19.2 Å². The van der Waals surface area contributed by atoms with Crippen molar-refractivity contribution in [2.45, 2.75) is 65.1 Å². The maximum absolute atomic E-state index is 13.1. The summed E-state index contributed by atoms with van der Waals surface area (Å²) in [5.41, 5.74) is -0.150. The summed E-state index contributed by atoms with van der Waals surface area (Å²) >= 11 is 0. The zero-order valence-electron chi connectivity index (χ0n) is 18.6. The maximum atomic E-state index is 13.1. The van der Waals surface area contributed by atoms with Gasteiger partial charge in [0.05, 0.1) is 0 Å². The number of urea groups is 1. The van der Waals surface area contributed by atoms with Gasteiger partial charge in [-0.25, -0.2) is 4.79 Å². The molecule has 8 nitrogen and oxygen atoms in total. The summed E-state index contributed by atoms with van der Waals surface area (Å²) in [6.07, 6.45) is 0.999. The second-order valence-corrected chi connectivity index (χ2v) is 9.59. The van der Waals surface area contributed by atoms with E-state index in [1.54, 1.807) is 0 Å². The van der Waals surface area contributed by atoms with Gasteiger partial charge in [-0.15, -0.1) is 0 Å². The molecule has 168 valence electrons. The summed E-state index contributed by atoms with van der Waals surface area (Å²) < 4.78 is 5.17. The Balaban J connectivity index is 1.55. The lowest BCUT2D eigenvalue weighted by atomic mass is 9.64. The fraction of sp³-hybridized carbons (Fsp3) is 0.565. The number of hydrogen-bond acceptors (Lipinski definition) is 5. The summed E-state index contributed by atoms with van der Waals surface area (Å²) in [6, 6.07) is 8.77. The van der Waals surface area contributed by atoms with Crippen LogP contribution in [-0.2, 0) is 25.7 Å². The van der Waals surface area contributed by atoms with Gasteiger partial charge in [0.2, 0.25) is 0 Å². The molecule has 0 aromatic heterocycles. The highest BCUT2D eigenvalue weighted by molar-refractivity contribution is 6.08. The summed E-state index contributed by atoms with van der Waals surface area (Å²) in [6.45, 7) is 7.47. The van der Waals surface area contributed by atoms with Gasteiger partial charge in [-0.1, -0.05) is 51.1 Å². The molecule has 0 bridgehead atoms. The smallest absolute Gasteiger partial charge is 0.327 e. The number of carbonyl (C=O) groups is 4. The first-order valence-corrected chi connectivity index (χ1v) is 10.7. The lowest BCUT2D eigenvalue weighted by Crippen LogP contribution is -2.54. The number of imide groups is 1. The van der Waals surface area contributed by atoms with Crippen molar-refractivity contribution < 1.29 is 23.9 Å². The van der Waals surface area contributed by atoms with Crippen LogP contribution in [0, 0.1) is 11.3 Å². The lowest BCUT2D eigenvalue weighted by Gasteiger charge is -2.43. The fourth-order valence-corrected chi connectivity index (χ4v) is 5.00. The van der Waals surface area contributed by atoms with Crippen molar-refractivity contribution in [3.05, 3.63) is 35.9 Å². The molecule has 3 rings (SSSR count). The average Bonchev–Trinajstić information content (AvgIpc) is 2.88. The Bertz CT molecular complexity index is 869. The summed E-state index contributed by atoms with van der Waals surface area (Å²) in [5, 5.41) is 5.53. The fourth-order valence-electron chi connectivity index (χ4n) is 5.00. The summed E-state index contributed by atoms with van der Waals surface area (Å²) in [5.74, 6) is -1.37. The van der Waals surface area contributed by atoms with Crippen molar-refractivity contribution in [1.29, 1.82) is 0 Å². The highest BCUT2D eigenvalue weighted by Gasteiger charge is 2.56. The van der Waals surface area contributed by atoms with Gasteiger partial charge in [0.25, 0.3) is 11.8 Å². The molecule has 1 aromatic rings. The van der Waals surface area contributed by atoms with E-state index in [2.05, 4.69) is 31.4 Å². The molecule has 2 fully saturated rings. The third-order valence-corrected chi connectivity index (χ3v) is 5.90. The summed E-state index contributed by atoms with van der Waals surface area (Å²) in [7, 11) is 0. The highest BCUT2D eigenvalue weighted by Crippen LogP contribution is 2.46. The molecule has 1 saturated heterocycles. The largest absolute Gasteiger partial charge is 0.451 e. The number of carbonyl (C=O) groups excluding carboxylic acids is 4. The molecule has 1 spiro atoms. The third kappa shape index (κ3) is 5.24. The van der Waals surface area contributed by atoms with Gasteiger partial charge >= 0.3 is 12.0 Å². The number of benzene rings is 1. The van der Waals surface area contributed by atoms with Gasteiger partial charge in [0.15, 0.2) is 6.10 Å². The van der Waals surface area contributed by atoms with Crippen LogP contribution in [0.1, 0.15) is 52.5 Å². The normalized spacial score (nSPS) is 25.8. The number of amides is 4. The zero-order chi connectivity index (χ0) is 22.8. The van der Waals surface area contributed by atoms with Crippen molar-refractivity contribution in [1.82, 2.24) is 15.5 Å². The van der Waals surface area contributed by atoms with E-state index in [1.807, 2.05) is 30.3 Å². The first kappa shape index (κ1) is 22.8. The second kappa shape index (κ2) is 8.69. The van der Waals surface area contributed by atoms with Crippen LogP contribution >= 0.6 is 0 Å². The van der Waals surface area contributed by atoms with E-state index in [0.29, 0.717) is 19.4 Å². The van der Waals surface area contributed by atoms with Crippen molar-refractivity contribution >= 4 is 23.8 Å². The minimum absolute atomic E-state index is 0.0948. The first-order chi connectivity index (χ1) is 14.5. The quantitative estimate of drug-likeness (QED) is 0.534. The van der Waals surface area contributed by atoms with E-state index in [-0.39, 0.29) is 11.3 Å². The first-order valence-electron chi connectivity index (χ1n) is 10.7. The summed E-state index contributed by atoms with van der Waals surface area (Å²) in [4.78, 5) is 51.1. The van der Waals surface area contributed by atoms with Gasteiger partial charge in [-0.3, -0.25) is 19.3 Å². The molecule has 1 heterocycles. The minimum atomic E-state index is -1.04. The molecule has 1 saturated carbocycles. The molecule has 1 aliphatic heterocycles. The van der Waals surface area contributed by atoms with Crippen molar-refractivity contribution in [3.63, 3.8) is 0 Å². The molecular weight excluding hydrogens is 398 g/mol. The Morgan fingerprint density at radius 1 is 1.23 bits per heavy atom. The Kier molecular flexibility index (Phi) is 6.38. The van der Waals surface area contributed by atoms with Crippen LogP contribution in [0.25, 0.3) is 0 Å². The molecule has 31 heavy (non-hydrogen) atoms. The van der Waals surface area contributed by atoms with Crippen LogP contribution in [-0.4, -0.2) is 46.9 Å². The third-order valence-electron chi connectivity index (χ3n) is 5.90. The van der Waals surface area contributed by atoms with Crippen molar-refractivity contribution in [3.8, 4) is 0 Å². The Morgan fingerprint density at radius 2 is 1.90 bits per heavy atom. The van der Waals surface area contributed by atoms with E-state index < -0.39 is 42.0 Å². The predicted molar refractivity (Wildman–Crippen MR) is 114 cm³/mol. The van der Waals surface area contributed by atoms with E-state index in [0.717, 1.165) is 16.9 Å². The van der Waals surface area contributed by atoms with E-state index in [1.165, 1.54) is 6.92 Å². The van der Waals surface area contributed by atoms with Gasteiger partial charge < -0.3 is 15.4 Å². The van der Waals surface area contributed by atoms with Gasteiger partial charge in [-0.2, -0.15) is 0 Å². The van der Waals surface area contributed by atoms with Crippen LogP contribution in [0.4, 0.5) is 4.79 Å². The monoisotopic (exact) mass is 429 g/mol. The van der Waals surface area contributed by atoms with Crippen molar-refractivity contribution in [2.75, 3.05) is 6.54 Å². The van der Waals surface area contributed by atoms with Crippen LogP contribution in [0.15, 0.2) is 30.3 Å². The zero-order valence-corrected chi connectivity index (χ0v) is 18.6. The number of nitrogens with one attached hydrogen (secondary N) is 2. The van der Waals surface area contributed by atoms with Gasteiger partial charge in [-0.05, 0) is 43.1 Å².